The first-order valence-electron chi connectivity index (χ1n) is 9.52. The number of carbonyl (C=O) groups is 5. The zero-order chi connectivity index (χ0) is 21.0. The van der Waals surface area contributed by atoms with Crippen LogP contribution in [0.4, 0.5) is 0 Å². The van der Waals surface area contributed by atoms with E-state index in [1.807, 2.05) is 0 Å². The van der Waals surface area contributed by atoms with E-state index in [9.17, 15) is 24.0 Å². The van der Waals surface area contributed by atoms with Crippen molar-refractivity contribution in [3.05, 3.63) is 35.4 Å². The Bertz CT molecular complexity index is 809. The van der Waals surface area contributed by atoms with E-state index in [2.05, 4.69) is 0 Å². The Morgan fingerprint density at radius 1 is 0.897 bits per heavy atom. The van der Waals surface area contributed by atoms with E-state index in [-0.39, 0.29) is 37.8 Å². The minimum absolute atomic E-state index is 0.0151. The molecular formula is C20H23N3O6. The highest BCUT2D eigenvalue weighted by Crippen LogP contribution is 2.21. The Morgan fingerprint density at radius 3 is 2.00 bits per heavy atom. The van der Waals surface area contributed by atoms with Crippen LogP contribution in [0.2, 0.25) is 0 Å². The topological polar surface area (TPSA) is 104 Å². The third-order valence-electron chi connectivity index (χ3n) is 5.08. The highest BCUT2D eigenvalue weighted by atomic mass is 16.5. The third kappa shape index (κ3) is 4.61. The number of hydrogen-bond acceptors (Lipinski definition) is 6. The fraction of sp³-hybridized carbons (Fsp3) is 0.450. The molecule has 0 saturated carbocycles. The molecule has 0 spiro atoms. The number of esters is 1. The summed E-state index contributed by atoms with van der Waals surface area (Å²) in [7, 11) is 0. The van der Waals surface area contributed by atoms with Crippen LogP contribution in [0, 0.1) is 0 Å². The van der Waals surface area contributed by atoms with Crippen LogP contribution in [0.15, 0.2) is 24.3 Å². The van der Waals surface area contributed by atoms with Crippen LogP contribution in [0.1, 0.15) is 40.5 Å². The van der Waals surface area contributed by atoms with Gasteiger partial charge in [0, 0.05) is 39.5 Å². The summed E-state index contributed by atoms with van der Waals surface area (Å²) >= 11 is 0. The maximum absolute atomic E-state index is 12.2. The average molecular weight is 401 g/mol. The van der Waals surface area contributed by atoms with Crippen molar-refractivity contribution in [2.75, 3.05) is 39.3 Å². The maximum atomic E-state index is 12.2. The largest absolute Gasteiger partial charge is 0.464 e. The lowest BCUT2D eigenvalue weighted by atomic mass is 10.1. The molecule has 3 rings (SSSR count). The van der Waals surface area contributed by atoms with Crippen LogP contribution < -0.4 is 0 Å². The van der Waals surface area contributed by atoms with Crippen molar-refractivity contribution in [3.8, 4) is 0 Å². The first kappa shape index (κ1) is 20.5. The van der Waals surface area contributed by atoms with Gasteiger partial charge in [-0.15, -0.1) is 0 Å². The second-order valence-corrected chi connectivity index (χ2v) is 6.91. The Morgan fingerprint density at radius 2 is 1.45 bits per heavy atom. The fourth-order valence-corrected chi connectivity index (χ4v) is 3.40. The number of fused-ring (bicyclic) bond motifs is 1. The highest BCUT2D eigenvalue weighted by molar-refractivity contribution is 6.21. The average Bonchev–Trinajstić information content (AvgIpc) is 2.97. The van der Waals surface area contributed by atoms with Crippen molar-refractivity contribution in [1.29, 1.82) is 0 Å². The first-order chi connectivity index (χ1) is 13.9. The lowest BCUT2D eigenvalue weighted by Crippen LogP contribution is -2.50. The summed E-state index contributed by atoms with van der Waals surface area (Å²) in [6, 6.07) is 6.54. The summed E-state index contributed by atoms with van der Waals surface area (Å²) in [6.07, 6.45) is -0.0558. The number of carbonyl (C=O) groups excluding carboxylic acids is 5. The van der Waals surface area contributed by atoms with Gasteiger partial charge in [-0.05, 0) is 12.1 Å². The molecule has 2 aliphatic heterocycles. The zero-order valence-electron chi connectivity index (χ0n) is 16.3. The number of ether oxygens (including phenoxy) is 1. The normalized spacial score (nSPS) is 16.1. The number of amides is 4. The smallest absolute Gasteiger partial charge is 0.306 e. The van der Waals surface area contributed by atoms with Gasteiger partial charge in [0.05, 0.1) is 24.1 Å². The fourth-order valence-electron chi connectivity index (χ4n) is 3.40. The Hall–Kier alpha value is -3.23. The van der Waals surface area contributed by atoms with Crippen molar-refractivity contribution in [2.24, 2.45) is 0 Å². The first-order valence-corrected chi connectivity index (χ1v) is 9.52. The van der Waals surface area contributed by atoms with Gasteiger partial charge in [0.25, 0.3) is 11.8 Å². The van der Waals surface area contributed by atoms with Gasteiger partial charge in [0.1, 0.15) is 6.61 Å². The van der Waals surface area contributed by atoms with E-state index < -0.39 is 17.8 Å². The van der Waals surface area contributed by atoms with Crippen LogP contribution in [-0.2, 0) is 19.1 Å². The van der Waals surface area contributed by atoms with Crippen molar-refractivity contribution < 1.29 is 28.7 Å². The summed E-state index contributed by atoms with van der Waals surface area (Å²) in [6.45, 7) is 3.24. The molecule has 9 heteroatoms. The molecule has 1 saturated heterocycles. The standard InChI is InChI=1S/C20H23N3O6/c1-14(24)21-8-10-22(11-9-21)17(25)6-7-18(26)29-13-12-23-19(27)15-4-2-3-5-16(15)20(23)28/h2-5H,6-13H2,1H3. The number of hydrogen-bond donors (Lipinski definition) is 0. The molecule has 154 valence electrons. The second-order valence-electron chi connectivity index (χ2n) is 6.91. The SMILES string of the molecule is CC(=O)N1CCN(C(=O)CCC(=O)OCCN2C(=O)c3ccccc3C2=O)CC1. The minimum Gasteiger partial charge on any atom is -0.464 e. The van der Waals surface area contributed by atoms with Crippen LogP contribution in [-0.4, -0.2) is 83.6 Å². The Labute approximate surface area is 168 Å². The number of benzene rings is 1. The summed E-state index contributed by atoms with van der Waals surface area (Å²) < 4.78 is 5.08. The summed E-state index contributed by atoms with van der Waals surface area (Å²) in [5, 5.41) is 0. The summed E-state index contributed by atoms with van der Waals surface area (Å²) in [4.78, 5) is 64.2. The predicted molar refractivity (Wildman–Crippen MR) is 101 cm³/mol. The summed E-state index contributed by atoms with van der Waals surface area (Å²) in [5.74, 6) is -1.54. The van der Waals surface area contributed by atoms with Gasteiger partial charge in [0.2, 0.25) is 11.8 Å². The van der Waals surface area contributed by atoms with Gasteiger partial charge in [-0.25, -0.2) is 0 Å². The number of nitrogens with zero attached hydrogens (tertiary/aromatic N) is 3. The maximum Gasteiger partial charge on any atom is 0.306 e. The van der Waals surface area contributed by atoms with Gasteiger partial charge in [0.15, 0.2) is 0 Å². The molecule has 1 aromatic rings. The van der Waals surface area contributed by atoms with E-state index in [1.165, 1.54) is 6.92 Å². The van der Waals surface area contributed by atoms with Gasteiger partial charge in [-0.2, -0.15) is 0 Å². The number of rotatable bonds is 6. The molecule has 29 heavy (non-hydrogen) atoms. The molecule has 0 aromatic heterocycles. The second kappa shape index (κ2) is 8.85. The van der Waals surface area contributed by atoms with Gasteiger partial charge in [-0.3, -0.25) is 28.9 Å². The molecule has 0 N–H and O–H groups in total. The van der Waals surface area contributed by atoms with Crippen LogP contribution in [0.3, 0.4) is 0 Å². The molecule has 2 heterocycles. The quantitative estimate of drug-likeness (QED) is 0.502. The van der Waals surface area contributed by atoms with E-state index in [4.69, 9.17) is 4.74 Å². The highest BCUT2D eigenvalue weighted by Gasteiger charge is 2.34. The molecule has 9 nitrogen and oxygen atoms in total. The molecule has 1 fully saturated rings. The zero-order valence-corrected chi connectivity index (χ0v) is 16.3. The molecule has 4 amide bonds. The van der Waals surface area contributed by atoms with Crippen molar-refractivity contribution in [3.63, 3.8) is 0 Å². The molecule has 0 atom stereocenters. The molecular weight excluding hydrogens is 378 g/mol. The Balaban J connectivity index is 1.37. The van der Waals surface area contributed by atoms with Crippen LogP contribution in [0.25, 0.3) is 0 Å². The number of piperazine rings is 1. The monoisotopic (exact) mass is 401 g/mol. The van der Waals surface area contributed by atoms with Gasteiger partial charge >= 0.3 is 5.97 Å². The summed E-state index contributed by atoms with van der Waals surface area (Å²) in [5.41, 5.74) is 0.693. The van der Waals surface area contributed by atoms with Crippen molar-refractivity contribution in [2.45, 2.75) is 19.8 Å². The minimum atomic E-state index is -0.558. The van der Waals surface area contributed by atoms with E-state index in [1.54, 1.807) is 34.1 Å². The third-order valence-corrected chi connectivity index (χ3v) is 5.08. The van der Waals surface area contributed by atoms with E-state index >= 15 is 0 Å². The number of imide groups is 1. The molecule has 1 aromatic carbocycles. The lowest BCUT2D eigenvalue weighted by Gasteiger charge is -2.34. The lowest BCUT2D eigenvalue weighted by molar-refractivity contribution is -0.146. The van der Waals surface area contributed by atoms with Gasteiger partial charge < -0.3 is 14.5 Å². The predicted octanol–water partition coefficient (Wildman–Crippen LogP) is 0.297. The van der Waals surface area contributed by atoms with Crippen LogP contribution in [0.5, 0.6) is 0 Å². The molecule has 0 aliphatic carbocycles. The van der Waals surface area contributed by atoms with E-state index in [0.29, 0.717) is 37.3 Å². The Kier molecular flexibility index (Phi) is 6.26. The van der Waals surface area contributed by atoms with E-state index in [0.717, 1.165) is 4.90 Å². The van der Waals surface area contributed by atoms with Crippen molar-refractivity contribution >= 4 is 29.6 Å². The molecule has 0 bridgehead atoms. The van der Waals surface area contributed by atoms with Gasteiger partial charge in [-0.1, -0.05) is 12.1 Å². The molecule has 0 radical (unpaired) electrons. The molecule has 0 unspecified atom stereocenters. The van der Waals surface area contributed by atoms with Crippen molar-refractivity contribution in [1.82, 2.24) is 14.7 Å². The van der Waals surface area contributed by atoms with Crippen LogP contribution >= 0.6 is 0 Å². The molecule has 2 aliphatic rings.